The number of anilines is 6. The molecule has 0 unspecified atom stereocenters. The van der Waals surface area contributed by atoms with Crippen LogP contribution >= 0.6 is 92.8 Å². The number of halogens is 8. The molecule has 0 fully saturated rings. The van der Waals surface area contributed by atoms with Crippen molar-refractivity contribution < 1.29 is 47.9 Å². The second-order valence-corrected chi connectivity index (χ2v) is 25.0. The van der Waals surface area contributed by atoms with E-state index in [0.29, 0.717) is 83.6 Å². The number of carbonyl (C=O) groups is 3. The Balaban J connectivity index is 0.000000197. The number of nitrogen functional groups attached to an aromatic ring is 1. The Kier molecular flexibility index (Phi) is 38.2. The van der Waals surface area contributed by atoms with E-state index in [9.17, 15) is 14.4 Å². The number of aromatic nitrogens is 12. The molecular formula is C78H69Cl8N17O10. The summed E-state index contributed by atoms with van der Waals surface area (Å²) in [5.41, 5.74) is 20.3. The largest absolute Gasteiger partial charge is 0.465 e. The van der Waals surface area contributed by atoms with Gasteiger partial charge in [-0.1, -0.05) is 169 Å². The number of nitrogens with one attached hydrogen (secondary N) is 3. The van der Waals surface area contributed by atoms with Crippen molar-refractivity contribution >= 4 is 146 Å². The molecule has 35 heteroatoms. The van der Waals surface area contributed by atoms with Crippen LogP contribution < -0.4 is 41.6 Å². The zero-order valence-corrected chi connectivity index (χ0v) is 66.1. The third-order valence-corrected chi connectivity index (χ3v) is 15.5. The smallest absolute Gasteiger partial charge is 0.337 e. The van der Waals surface area contributed by atoms with Gasteiger partial charge in [-0.3, -0.25) is 0 Å². The molecule has 0 atom stereocenters. The van der Waals surface area contributed by atoms with Crippen LogP contribution in [0.5, 0.6) is 18.0 Å². The number of hydrogen-bond donors (Lipinski definition) is 6. The molecule has 0 aliphatic rings. The number of hydrogen-bond acceptors (Lipinski definition) is 27. The van der Waals surface area contributed by atoms with Crippen molar-refractivity contribution in [3.05, 3.63) is 334 Å². The highest BCUT2D eigenvalue weighted by atomic mass is 35.5. The second kappa shape index (κ2) is 48.8. The molecule has 13 aromatic rings. The van der Waals surface area contributed by atoms with Crippen molar-refractivity contribution in [1.82, 2.24) is 59.8 Å². The normalized spacial score (nSPS) is 9.99. The Hall–Kier alpha value is -11.7. The summed E-state index contributed by atoms with van der Waals surface area (Å²) >= 11 is 44.7. The number of benzene rings is 9. The lowest BCUT2D eigenvalue weighted by molar-refractivity contribution is 0.0592. The van der Waals surface area contributed by atoms with Crippen LogP contribution in [0.1, 0.15) is 64.5 Å². The number of rotatable bonds is 21. The van der Waals surface area contributed by atoms with E-state index in [1.54, 1.807) is 72.8 Å². The maximum absolute atomic E-state index is 11.7. The molecule has 0 radical (unpaired) electrons. The topological polar surface area (TPSA) is 370 Å². The molecule has 582 valence electrons. The predicted octanol–water partition coefficient (Wildman–Crippen LogP) is 17.5. The van der Waals surface area contributed by atoms with Crippen LogP contribution in [0.4, 0.5) is 34.9 Å². The Labute approximate surface area is 689 Å². The van der Waals surface area contributed by atoms with E-state index in [0.717, 1.165) is 38.4 Å². The van der Waals surface area contributed by atoms with E-state index in [4.69, 9.17) is 128 Å². The molecule has 9 aromatic carbocycles. The van der Waals surface area contributed by atoms with E-state index in [1.165, 1.54) is 21.3 Å². The summed E-state index contributed by atoms with van der Waals surface area (Å²) in [7, 11) is 4.02. The number of aliphatic hydroxyl groups excluding tert-OH is 1. The molecular weight excluding hydrogens is 1620 g/mol. The van der Waals surface area contributed by atoms with Gasteiger partial charge >= 0.3 is 35.9 Å². The van der Waals surface area contributed by atoms with Crippen LogP contribution in [-0.2, 0) is 53.7 Å². The first-order valence-corrected chi connectivity index (χ1v) is 36.1. The standard InChI is InChI=1S/C25H22ClN5O3.C18H15ClN4O3.C10H7Cl2N3O.C8H9NO2.C7H8ClN.C7H8O.C3Cl3N3/c1-33-22(32)19-9-13-21(14-10-19)28-24-29-23(27-15-17-7-11-20(26)12-8-17)30-25(31-24)34-16-18-5-3-2-4-6-18;1-25-15(24)13-7-9-14(10-8-13)20-17-21-16(19)22-18(23-17)26-11-12-5-3-2-4-6-12;11-8-13-9(12)15-10(14-8)16-6-7-4-2-1-3-5-7;1-11-8(10)6-2-4-7(9)5-3-6;8-7-3-1-6(5-9)2-4-7;8-6-7-4-2-1-3-5-7;4-1-7-2(5)9-3(6)8-1/h2-14H,15-16H2,1H3,(H2,27,28,29,30,31);2-10H,11H2,1H3,(H,20,21,22,23);1-5H,6H2;2-5H,9H2,1H3;1-4H,5,9H2;1-5,8H,6H2;. The van der Waals surface area contributed by atoms with E-state index in [2.05, 4.69) is 85.2 Å². The highest BCUT2D eigenvalue weighted by Crippen LogP contribution is 2.23. The first kappa shape index (κ1) is 88.5. The van der Waals surface area contributed by atoms with Crippen molar-refractivity contribution in [2.75, 3.05) is 43.0 Å². The van der Waals surface area contributed by atoms with Crippen molar-refractivity contribution in [3.63, 3.8) is 0 Å². The molecule has 0 saturated carbocycles. The maximum Gasteiger partial charge on any atom is 0.337 e. The molecule has 0 saturated heterocycles. The number of nitrogens with two attached hydrogens (primary N) is 2. The average molecular weight is 1690 g/mol. The molecule has 113 heavy (non-hydrogen) atoms. The molecule has 0 aliphatic heterocycles. The van der Waals surface area contributed by atoms with Gasteiger partial charge in [-0.2, -0.15) is 59.8 Å². The second-order valence-electron chi connectivity index (χ2n) is 22.1. The summed E-state index contributed by atoms with van der Waals surface area (Å²) in [5.74, 6) is -0.276. The van der Waals surface area contributed by atoms with E-state index < -0.39 is 11.9 Å². The van der Waals surface area contributed by atoms with Crippen LogP contribution in [-0.4, -0.2) is 104 Å². The quantitative estimate of drug-likeness (QED) is 0.0221. The molecule has 13 rings (SSSR count). The zero-order chi connectivity index (χ0) is 81.1. The highest BCUT2D eigenvalue weighted by molar-refractivity contribution is 6.34. The third kappa shape index (κ3) is 34.2. The van der Waals surface area contributed by atoms with Crippen molar-refractivity contribution in [3.8, 4) is 18.0 Å². The number of esters is 3. The molecule has 4 heterocycles. The van der Waals surface area contributed by atoms with Crippen molar-refractivity contribution in [2.45, 2.75) is 39.5 Å². The SMILES string of the molecule is COC(=O)c1ccc(N)cc1.COC(=O)c1ccc(Nc2nc(Cl)nc(OCc3ccccc3)n2)cc1.COC(=O)c1ccc(Nc2nc(NCc3ccc(Cl)cc3)nc(OCc3ccccc3)n2)cc1.Clc1nc(Cl)nc(Cl)n1.Clc1nc(Cl)nc(OCc2ccccc2)n1.NCc1ccc(Cl)cc1.OCc1ccccc1. The van der Waals surface area contributed by atoms with Crippen LogP contribution in [0, 0.1) is 0 Å². The lowest BCUT2D eigenvalue weighted by Gasteiger charge is -2.11. The Bertz CT molecular complexity index is 4960. The molecule has 0 spiro atoms. The Morgan fingerprint density at radius 3 is 0.982 bits per heavy atom. The summed E-state index contributed by atoms with van der Waals surface area (Å²) in [6.45, 7) is 2.20. The van der Waals surface area contributed by atoms with Crippen molar-refractivity contribution in [1.29, 1.82) is 0 Å². The summed E-state index contributed by atoms with van der Waals surface area (Å²) in [5, 5.41) is 19.3. The molecule has 0 aliphatic carbocycles. The predicted molar refractivity (Wildman–Crippen MR) is 436 cm³/mol. The molecule has 0 amide bonds. The minimum atomic E-state index is -0.406. The average Bonchev–Trinajstić information content (AvgIpc) is 0.870. The summed E-state index contributed by atoms with van der Waals surface area (Å²) in [4.78, 5) is 80.9. The minimum absolute atomic E-state index is 0.000000000000000444. The third-order valence-electron chi connectivity index (χ3n) is 13.9. The fourth-order valence-corrected chi connectivity index (χ4v) is 9.81. The number of ether oxygens (including phenoxy) is 6. The van der Waals surface area contributed by atoms with E-state index in [-0.39, 0.29) is 68.3 Å². The van der Waals surface area contributed by atoms with E-state index in [1.807, 2.05) is 170 Å². The van der Waals surface area contributed by atoms with Gasteiger partial charge < -0.3 is 60.9 Å². The minimum Gasteiger partial charge on any atom is -0.465 e. The van der Waals surface area contributed by atoms with Gasteiger partial charge in [0.25, 0.3) is 0 Å². The van der Waals surface area contributed by atoms with Gasteiger partial charge in [0.15, 0.2) is 0 Å². The van der Waals surface area contributed by atoms with Gasteiger partial charge in [0.1, 0.15) is 19.8 Å². The summed E-state index contributed by atoms with van der Waals surface area (Å²) in [6, 6.07) is 74.0. The van der Waals surface area contributed by atoms with Crippen molar-refractivity contribution in [2.24, 2.45) is 5.73 Å². The van der Waals surface area contributed by atoms with Crippen LogP contribution in [0.25, 0.3) is 0 Å². The van der Waals surface area contributed by atoms with Gasteiger partial charge in [0, 0.05) is 40.2 Å². The van der Waals surface area contributed by atoms with Gasteiger partial charge in [0.05, 0.1) is 44.6 Å². The fourth-order valence-electron chi connectivity index (χ4n) is 8.45. The van der Waals surface area contributed by atoms with Gasteiger partial charge in [-0.25, -0.2) is 14.4 Å². The number of nitrogens with zero attached hydrogens (tertiary/aromatic N) is 12. The van der Waals surface area contributed by atoms with Gasteiger partial charge in [0.2, 0.25) is 49.5 Å². The maximum atomic E-state index is 11.7. The number of carbonyl (C=O) groups excluding carboxylic acids is 3. The monoisotopic (exact) mass is 1680 g/mol. The fraction of sp³-hybridized carbons (Fsp3) is 0.115. The Morgan fingerprint density at radius 2 is 0.637 bits per heavy atom. The van der Waals surface area contributed by atoms with E-state index >= 15 is 0 Å². The summed E-state index contributed by atoms with van der Waals surface area (Å²) < 4.78 is 30.6. The highest BCUT2D eigenvalue weighted by Gasteiger charge is 2.14. The summed E-state index contributed by atoms with van der Waals surface area (Å²) in [6.07, 6.45) is 0. The lowest BCUT2D eigenvalue weighted by atomic mass is 10.2. The first-order valence-electron chi connectivity index (χ1n) is 33.0. The molecule has 8 N–H and O–H groups in total. The number of aliphatic hydroxyl groups is 1. The molecule has 27 nitrogen and oxygen atoms in total. The van der Waals surface area contributed by atoms with Crippen LogP contribution in [0.15, 0.2) is 243 Å². The zero-order valence-electron chi connectivity index (χ0n) is 60.0. The first-order chi connectivity index (χ1) is 54.6. The number of methoxy groups -OCH3 is 3. The Morgan fingerprint density at radius 1 is 0.336 bits per heavy atom. The van der Waals surface area contributed by atoms with Gasteiger partial charge in [-0.05, 0) is 200 Å². The molecule has 4 aromatic heterocycles. The van der Waals surface area contributed by atoms with Crippen LogP contribution in [0.3, 0.4) is 0 Å². The van der Waals surface area contributed by atoms with Gasteiger partial charge in [-0.15, -0.1) is 0 Å². The lowest BCUT2D eigenvalue weighted by Crippen LogP contribution is -2.09. The van der Waals surface area contributed by atoms with Crippen LogP contribution in [0.2, 0.25) is 41.7 Å². The molecule has 0 bridgehead atoms.